The highest BCUT2D eigenvalue weighted by atomic mass is 16.5. The molecule has 2 rings (SSSR count). The third kappa shape index (κ3) is 4.91. The van der Waals surface area contributed by atoms with Gasteiger partial charge < -0.3 is 10.1 Å². The van der Waals surface area contributed by atoms with Gasteiger partial charge in [0.1, 0.15) is 0 Å². The number of fused-ring (bicyclic) bond motifs is 1. The molecule has 0 heterocycles. The van der Waals surface area contributed by atoms with Crippen molar-refractivity contribution in [3.05, 3.63) is 34.9 Å². The zero-order valence-electron chi connectivity index (χ0n) is 14.4. The maximum Gasteiger partial charge on any atom is 0.307 e. The smallest absolute Gasteiger partial charge is 0.307 e. The van der Waals surface area contributed by atoms with Crippen LogP contribution in [0.25, 0.3) is 0 Å². The van der Waals surface area contributed by atoms with Gasteiger partial charge in [-0.2, -0.15) is 0 Å². The van der Waals surface area contributed by atoms with Crippen LogP contribution < -0.4 is 5.32 Å². The van der Waals surface area contributed by atoms with Gasteiger partial charge in [0.05, 0.1) is 6.42 Å². The van der Waals surface area contributed by atoms with Gasteiger partial charge in [0, 0.05) is 18.5 Å². The van der Waals surface area contributed by atoms with Crippen molar-refractivity contribution in [3.63, 3.8) is 0 Å². The van der Waals surface area contributed by atoms with Crippen molar-refractivity contribution in [2.45, 2.75) is 58.5 Å². The Morgan fingerprint density at radius 1 is 1.12 bits per heavy atom. The monoisotopic (exact) mass is 331 g/mol. The van der Waals surface area contributed by atoms with Gasteiger partial charge in [0.15, 0.2) is 11.9 Å². The van der Waals surface area contributed by atoms with Gasteiger partial charge in [-0.15, -0.1) is 0 Å². The summed E-state index contributed by atoms with van der Waals surface area (Å²) < 4.78 is 5.04. The molecule has 1 aromatic rings. The van der Waals surface area contributed by atoms with Crippen molar-refractivity contribution in [2.75, 3.05) is 6.54 Å². The summed E-state index contributed by atoms with van der Waals surface area (Å²) in [5, 5.41) is 2.59. The van der Waals surface area contributed by atoms with Crippen LogP contribution in [0.4, 0.5) is 0 Å². The second-order valence-corrected chi connectivity index (χ2v) is 6.14. The Bertz CT molecular complexity index is 624. The van der Waals surface area contributed by atoms with Crippen molar-refractivity contribution < 1.29 is 19.1 Å². The van der Waals surface area contributed by atoms with Crippen molar-refractivity contribution in [2.24, 2.45) is 0 Å². The lowest BCUT2D eigenvalue weighted by Gasteiger charge is -2.16. The lowest BCUT2D eigenvalue weighted by Crippen LogP contribution is -2.35. The molecule has 0 radical (unpaired) electrons. The fourth-order valence-corrected chi connectivity index (χ4v) is 2.89. The van der Waals surface area contributed by atoms with Crippen LogP contribution in [0.15, 0.2) is 18.2 Å². The fourth-order valence-electron chi connectivity index (χ4n) is 2.89. The number of esters is 1. The Balaban J connectivity index is 1.84. The number of nitrogens with one attached hydrogen (secondary N) is 1. The SMILES string of the molecule is CCNC(=O)[C@@H](C)OC(=O)CCC(=O)c1ccc2c(c1)CCCC2. The Morgan fingerprint density at radius 3 is 2.54 bits per heavy atom. The van der Waals surface area contributed by atoms with Crippen LogP contribution >= 0.6 is 0 Å². The molecule has 130 valence electrons. The molecule has 1 atom stereocenters. The molecule has 0 aliphatic heterocycles. The molecule has 0 unspecified atom stereocenters. The first-order valence-corrected chi connectivity index (χ1v) is 8.63. The first kappa shape index (κ1) is 18.2. The second-order valence-electron chi connectivity index (χ2n) is 6.14. The highest BCUT2D eigenvalue weighted by Crippen LogP contribution is 2.23. The molecule has 0 bridgehead atoms. The lowest BCUT2D eigenvalue weighted by atomic mass is 9.89. The molecule has 1 aromatic carbocycles. The quantitative estimate of drug-likeness (QED) is 0.616. The summed E-state index contributed by atoms with van der Waals surface area (Å²) in [7, 11) is 0. The highest BCUT2D eigenvalue weighted by molar-refractivity contribution is 5.98. The molecule has 1 aliphatic carbocycles. The van der Waals surface area contributed by atoms with E-state index in [-0.39, 0.29) is 24.5 Å². The molecule has 0 aromatic heterocycles. The number of Topliss-reactive ketones (excluding diaryl/α,β-unsaturated/α-hetero) is 1. The summed E-state index contributed by atoms with van der Waals surface area (Å²) in [4.78, 5) is 35.6. The Labute approximate surface area is 142 Å². The predicted molar refractivity (Wildman–Crippen MR) is 90.9 cm³/mol. The number of hydrogen-bond donors (Lipinski definition) is 1. The minimum absolute atomic E-state index is 0.0142. The van der Waals surface area contributed by atoms with Gasteiger partial charge in [0.25, 0.3) is 5.91 Å². The molecule has 0 spiro atoms. The molecule has 5 heteroatoms. The molecule has 0 saturated carbocycles. The van der Waals surface area contributed by atoms with E-state index in [1.807, 2.05) is 18.2 Å². The first-order valence-electron chi connectivity index (χ1n) is 8.63. The number of amides is 1. The number of ether oxygens (including phenoxy) is 1. The molecular weight excluding hydrogens is 306 g/mol. The van der Waals surface area contributed by atoms with Crippen LogP contribution in [0, 0.1) is 0 Å². The van der Waals surface area contributed by atoms with Gasteiger partial charge >= 0.3 is 5.97 Å². The molecule has 1 amide bonds. The number of likely N-dealkylation sites (N-methyl/N-ethyl adjacent to an activating group) is 1. The summed E-state index contributed by atoms with van der Waals surface area (Å²) in [5.41, 5.74) is 3.23. The Morgan fingerprint density at radius 2 is 1.83 bits per heavy atom. The minimum atomic E-state index is -0.837. The van der Waals surface area contributed by atoms with E-state index < -0.39 is 12.1 Å². The van der Waals surface area contributed by atoms with E-state index >= 15 is 0 Å². The van der Waals surface area contributed by atoms with Gasteiger partial charge in [-0.3, -0.25) is 14.4 Å². The number of rotatable bonds is 7. The van der Waals surface area contributed by atoms with Gasteiger partial charge in [-0.05, 0) is 56.7 Å². The van der Waals surface area contributed by atoms with Gasteiger partial charge in [-0.25, -0.2) is 0 Å². The summed E-state index contributed by atoms with van der Waals surface area (Å²) in [6.07, 6.45) is 3.71. The topological polar surface area (TPSA) is 72.5 Å². The average molecular weight is 331 g/mol. The zero-order valence-corrected chi connectivity index (χ0v) is 14.4. The van der Waals surface area contributed by atoms with Crippen molar-refractivity contribution in [1.29, 1.82) is 0 Å². The number of carbonyl (C=O) groups excluding carboxylic acids is 3. The van der Waals surface area contributed by atoms with E-state index in [0.717, 1.165) is 19.3 Å². The largest absolute Gasteiger partial charge is 0.453 e. The normalized spacial score (nSPS) is 14.4. The molecule has 0 fully saturated rings. The second kappa shape index (κ2) is 8.62. The van der Waals surface area contributed by atoms with Gasteiger partial charge in [0.2, 0.25) is 0 Å². The number of carbonyl (C=O) groups is 3. The van der Waals surface area contributed by atoms with Crippen LogP contribution in [-0.4, -0.2) is 30.3 Å². The van der Waals surface area contributed by atoms with E-state index in [0.29, 0.717) is 12.1 Å². The van der Waals surface area contributed by atoms with E-state index in [1.54, 1.807) is 6.92 Å². The first-order chi connectivity index (χ1) is 11.5. The summed E-state index contributed by atoms with van der Waals surface area (Å²) in [5.74, 6) is -0.919. The number of benzene rings is 1. The summed E-state index contributed by atoms with van der Waals surface area (Å²) in [6.45, 7) is 3.80. The van der Waals surface area contributed by atoms with Crippen LogP contribution in [0.5, 0.6) is 0 Å². The minimum Gasteiger partial charge on any atom is -0.453 e. The van der Waals surface area contributed by atoms with Crippen molar-refractivity contribution >= 4 is 17.7 Å². The van der Waals surface area contributed by atoms with Crippen LogP contribution in [-0.2, 0) is 27.2 Å². The van der Waals surface area contributed by atoms with Gasteiger partial charge in [-0.1, -0.05) is 12.1 Å². The van der Waals surface area contributed by atoms with Crippen LogP contribution in [0.1, 0.15) is 61.0 Å². The lowest BCUT2D eigenvalue weighted by molar-refractivity contribution is -0.154. The third-order valence-electron chi connectivity index (χ3n) is 4.26. The van der Waals surface area contributed by atoms with Crippen LogP contribution in [0.2, 0.25) is 0 Å². The fraction of sp³-hybridized carbons (Fsp3) is 0.526. The molecular formula is C19H25NO4. The van der Waals surface area contributed by atoms with E-state index in [4.69, 9.17) is 4.74 Å². The average Bonchev–Trinajstić information content (AvgIpc) is 2.59. The zero-order chi connectivity index (χ0) is 17.5. The van der Waals surface area contributed by atoms with E-state index in [2.05, 4.69) is 5.32 Å². The Kier molecular flexibility index (Phi) is 6.53. The summed E-state index contributed by atoms with van der Waals surface area (Å²) >= 11 is 0. The summed E-state index contributed by atoms with van der Waals surface area (Å²) in [6, 6.07) is 5.83. The Hall–Kier alpha value is -2.17. The third-order valence-corrected chi connectivity index (χ3v) is 4.26. The number of hydrogen-bond acceptors (Lipinski definition) is 4. The molecule has 1 aliphatic rings. The molecule has 24 heavy (non-hydrogen) atoms. The molecule has 5 nitrogen and oxygen atoms in total. The standard InChI is InChI=1S/C19H25NO4/c1-3-20-19(23)13(2)24-18(22)11-10-17(21)16-9-8-14-6-4-5-7-15(14)12-16/h8-9,12-13H,3-7,10-11H2,1-2H3,(H,20,23)/t13-/m1/s1. The maximum absolute atomic E-state index is 12.3. The maximum atomic E-state index is 12.3. The van der Waals surface area contributed by atoms with E-state index in [9.17, 15) is 14.4 Å². The van der Waals surface area contributed by atoms with Crippen molar-refractivity contribution in [3.8, 4) is 0 Å². The number of ketones is 1. The number of aryl methyl sites for hydroxylation is 2. The van der Waals surface area contributed by atoms with Crippen molar-refractivity contribution in [1.82, 2.24) is 5.32 Å². The highest BCUT2D eigenvalue weighted by Gasteiger charge is 2.18. The molecule has 0 saturated heterocycles. The van der Waals surface area contributed by atoms with Crippen LogP contribution in [0.3, 0.4) is 0 Å². The molecule has 1 N–H and O–H groups in total. The van der Waals surface area contributed by atoms with E-state index in [1.165, 1.54) is 24.5 Å². The predicted octanol–water partition coefficient (Wildman–Crippen LogP) is 2.60.